The van der Waals surface area contributed by atoms with E-state index >= 15 is 0 Å². The Balaban J connectivity index is 4.49. The minimum atomic E-state index is -4.63. The summed E-state index contributed by atoms with van der Waals surface area (Å²) in [6.07, 6.45) is 36.0. The van der Waals surface area contributed by atoms with E-state index in [1.807, 2.05) is 21.1 Å². The standard InChI is InChI=1S/C41H76NO8P/c1-6-8-10-12-14-16-18-20-21-22-24-26-28-30-32-34-41(44)50-39(38-49-51(45,46)48-36-35-42(3,4)5)37-47-40(43)33-31-29-27-25-23-19-17-15-13-11-9-7-2/h14,16,20-21,24,26,39H,6-13,15,17-19,22-23,25,27-38H2,1-5H3/b16-14-,21-20-,26-24-/t39-/m1/s1. The first-order valence-electron chi connectivity index (χ1n) is 20.2. The summed E-state index contributed by atoms with van der Waals surface area (Å²) in [4.78, 5) is 37.4. The minimum absolute atomic E-state index is 0.0377. The second kappa shape index (κ2) is 34.0. The van der Waals surface area contributed by atoms with Gasteiger partial charge in [0.1, 0.15) is 19.8 Å². The molecule has 0 spiro atoms. The average molecular weight is 742 g/mol. The Labute approximate surface area is 312 Å². The van der Waals surface area contributed by atoms with Crippen molar-refractivity contribution in [3.8, 4) is 0 Å². The summed E-state index contributed by atoms with van der Waals surface area (Å²) < 4.78 is 33.7. The van der Waals surface area contributed by atoms with Crippen LogP contribution < -0.4 is 4.89 Å². The third-order valence-electron chi connectivity index (χ3n) is 8.41. The van der Waals surface area contributed by atoms with Gasteiger partial charge in [0.25, 0.3) is 7.82 Å². The highest BCUT2D eigenvalue weighted by molar-refractivity contribution is 7.45. The Morgan fingerprint density at radius 2 is 1.06 bits per heavy atom. The van der Waals surface area contributed by atoms with Crippen LogP contribution in [0.3, 0.4) is 0 Å². The van der Waals surface area contributed by atoms with Crippen molar-refractivity contribution < 1.29 is 42.1 Å². The van der Waals surface area contributed by atoms with Gasteiger partial charge < -0.3 is 27.9 Å². The van der Waals surface area contributed by atoms with Crippen LogP contribution in [0.15, 0.2) is 36.5 Å². The van der Waals surface area contributed by atoms with Crippen LogP contribution in [0, 0.1) is 0 Å². The number of quaternary nitrogens is 1. The highest BCUT2D eigenvalue weighted by atomic mass is 31.2. The van der Waals surface area contributed by atoms with Crippen molar-refractivity contribution in [2.75, 3.05) is 47.5 Å². The van der Waals surface area contributed by atoms with E-state index in [4.69, 9.17) is 18.5 Å². The predicted molar refractivity (Wildman–Crippen MR) is 208 cm³/mol. The molecular formula is C41H76NO8P. The van der Waals surface area contributed by atoms with Crippen molar-refractivity contribution in [2.45, 2.75) is 168 Å². The molecule has 0 aliphatic carbocycles. The topological polar surface area (TPSA) is 111 Å². The number of esters is 2. The van der Waals surface area contributed by atoms with Gasteiger partial charge in [-0.2, -0.15) is 0 Å². The number of carbonyl (C=O) groups excluding carboxylic acids is 2. The SMILES string of the molecule is CCCCC/C=C\C/C=C\C/C=C\CCCCC(=O)O[C@H](COC(=O)CCCCCCCCCCCCCC)COP(=O)([O-])OCC[N+](C)(C)C. The Hall–Kier alpha value is -1.77. The van der Waals surface area contributed by atoms with Crippen molar-refractivity contribution in [1.29, 1.82) is 0 Å². The van der Waals surface area contributed by atoms with Crippen LogP contribution in [0.1, 0.15) is 162 Å². The fourth-order valence-electron chi connectivity index (χ4n) is 5.19. The van der Waals surface area contributed by atoms with Crippen LogP contribution in [-0.4, -0.2) is 70.0 Å². The molecule has 0 fully saturated rings. The number of hydrogen-bond donors (Lipinski definition) is 0. The highest BCUT2D eigenvalue weighted by Gasteiger charge is 2.21. The number of nitrogens with zero attached hydrogens (tertiary/aromatic N) is 1. The molecule has 0 aliphatic heterocycles. The maximum atomic E-state index is 12.6. The number of hydrogen-bond acceptors (Lipinski definition) is 8. The number of phosphoric acid groups is 1. The van der Waals surface area contributed by atoms with Crippen molar-refractivity contribution in [1.82, 2.24) is 0 Å². The zero-order chi connectivity index (χ0) is 37.9. The van der Waals surface area contributed by atoms with E-state index in [9.17, 15) is 19.0 Å². The third-order valence-corrected chi connectivity index (χ3v) is 9.38. The molecule has 298 valence electrons. The van der Waals surface area contributed by atoms with E-state index in [0.717, 1.165) is 51.4 Å². The van der Waals surface area contributed by atoms with Gasteiger partial charge in [-0.25, -0.2) is 0 Å². The summed E-state index contributed by atoms with van der Waals surface area (Å²) in [5, 5.41) is 0. The number of unbranched alkanes of at least 4 members (excludes halogenated alkanes) is 16. The van der Waals surface area contributed by atoms with Gasteiger partial charge in [0.15, 0.2) is 6.10 Å². The third kappa shape index (κ3) is 37.8. The van der Waals surface area contributed by atoms with E-state index in [0.29, 0.717) is 17.4 Å². The molecule has 51 heavy (non-hydrogen) atoms. The molecule has 1 unspecified atom stereocenters. The van der Waals surface area contributed by atoms with Crippen LogP contribution in [0.25, 0.3) is 0 Å². The Kier molecular flexibility index (Phi) is 32.8. The smallest absolute Gasteiger partial charge is 0.306 e. The van der Waals surface area contributed by atoms with Crippen molar-refractivity contribution in [3.05, 3.63) is 36.5 Å². The first-order valence-corrected chi connectivity index (χ1v) is 21.7. The monoisotopic (exact) mass is 742 g/mol. The molecule has 9 nitrogen and oxygen atoms in total. The molecule has 0 bridgehead atoms. The van der Waals surface area contributed by atoms with Gasteiger partial charge in [0.05, 0.1) is 27.7 Å². The van der Waals surface area contributed by atoms with Crippen LogP contribution in [0.2, 0.25) is 0 Å². The Morgan fingerprint density at radius 3 is 1.61 bits per heavy atom. The maximum Gasteiger partial charge on any atom is 0.306 e. The predicted octanol–water partition coefficient (Wildman–Crippen LogP) is 10.3. The largest absolute Gasteiger partial charge is 0.756 e. The minimum Gasteiger partial charge on any atom is -0.756 e. The number of carbonyl (C=O) groups is 2. The van der Waals surface area contributed by atoms with Crippen molar-refractivity contribution >= 4 is 19.8 Å². The zero-order valence-corrected chi connectivity index (χ0v) is 34.2. The maximum absolute atomic E-state index is 12.6. The molecule has 0 aromatic rings. The Morgan fingerprint density at radius 1 is 0.608 bits per heavy atom. The lowest BCUT2D eigenvalue weighted by molar-refractivity contribution is -0.870. The molecule has 2 atom stereocenters. The number of ether oxygens (including phenoxy) is 2. The van der Waals surface area contributed by atoms with E-state index < -0.39 is 32.5 Å². The van der Waals surface area contributed by atoms with Gasteiger partial charge >= 0.3 is 11.9 Å². The number of allylic oxidation sites excluding steroid dienone is 6. The summed E-state index contributed by atoms with van der Waals surface area (Å²) in [6, 6.07) is 0. The first kappa shape index (κ1) is 49.2. The molecule has 0 radical (unpaired) electrons. The van der Waals surface area contributed by atoms with Gasteiger partial charge in [-0.3, -0.25) is 14.2 Å². The van der Waals surface area contributed by atoms with Gasteiger partial charge in [-0.05, 0) is 51.4 Å². The summed E-state index contributed by atoms with van der Waals surface area (Å²) in [7, 11) is 1.14. The molecule has 10 heteroatoms. The van der Waals surface area contributed by atoms with Crippen LogP contribution >= 0.6 is 7.82 Å². The van der Waals surface area contributed by atoms with Gasteiger partial charge in [0.2, 0.25) is 0 Å². The highest BCUT2D eigenvalue weighted by Crippen LogP contribution is 2.38. The molecule has 0 saturated carbocycles. The average Bonchev–Trinajstić information content (AvgIpc) is 3.07. The molecule has 0 rings (SSSR count). The summed E-state index contributed by atoms with van der Waals surface area (Å²) in [5.41, 5.74) is 0. The van der Waals surface area contributed by atoms with E-state index in [1.165, 1.54) is 77.0 Å². The molecule has 0 aliphatic rings. The van der Waals surface area contributed by atoms with Crippen LogP contribution in [0.4, 0.5) is 0 Å². The van der Waals surface area contributed by atoms with E-state index in [1.54, 1.807) is 0 Å². The zero-order valence-electron chi connectivity index (χ0n) is 33.3. The van der Waals surface area contributed by atoms with Gasteiger partial charge in [0, 0.05) is 12.8 Å². The fraction of sp³-hybridized carbons (Fsp3) is 0.805. The first-order chi connectivity index (χ1) is 24.5. The van der Waals surface area contributed by atoms with E-state index in [2.05, 4.69) is 50.3 Å². The van der Waals surface area contributed by atoms with Gasteiger partial charge in [-0.1, -0.05) is 134 Å². The second-order valence-corrected chi connectivity index (χ2v) is 16.1. The Bertz CT molecular complexity index is 975. The molecular weight excluding hydrogens is 665 g/mol. The quantitative estimate of drug-likeness (QED) is 0.0205. The van der Waals surface area contributed by atoms with Crippen LogP contribution in [0.5, 0.6) is 0 Å². The van der Waals surface area contributed by atoms with E-state index in [-0.39, 0.29) is 26.1 Å². The number of likely N-dealkylation sites (N-methyl/N-ethyl adjacent to an activating group) is 1. The number of rotatable bonds is 36. The summed E-state index contributed by atoms with van der Waals surface area (Å²) in [5.74, 6) is -0.880. The lowest BCUT2D eigenvalue weighted by atomic mass is 10.0. The molecule has 0 aromatic heterocycles. The van der Waals surface area contributed by atoms with Crippen molar-refractivity contribution in [2.24, 2.45) is 0 Å². The molecule has 0 amide bonds. The summed E-state index contributed by atoms with van der Waals surface area (Å²) >= 11 is 0. The fourth-order valence-corrected chi connectivity index (χ4v) is 5.92. The lowest BCUT2D eigenvalue weighted by Crippen LogP contribution is -2.37. The summed E-state index contributed by atoms with van der Waals surface area (Å²) in [6.45, 7) is 4.13. The molecule has 0 N–H and O–H groups in total. The second-order valence-electron chi connectivity index (χ2n) is 14.7. The number of phosphoric ester groups is 1. The van der Waals surface area contributed by atoms with Crippen LogP contribution in [-0.2, 0) is 32.7 Å². The normalized spacial score (nSPS) is 14.1. The molecule has 0 heterocycles. The molecule has 0 saturated heterocycles. The van der Waals surface area contributed by atoms with Crippen molar-refractivity contribution in [3.63, 3.8) is 0 Å². The lowest BCUT2D eigenvalue weighted by Gasteiger charge is -2.28. The molecule has 0 aromatic carbocycles. The van der Waals surface area contributed by atoms with Gasteiger partial charge in [-0.15, -0.1) is 0 Å².